The molecule has 6 heteroatoms. The lowest BCUT2D eigenvalue weighted by atomic mass is 9.79. The van der Waals surface area contributed by atoms with Crippen LogP contribution in [0.4, 0.5) is 0 Å². The third kappa shape index (κ3) is 5.48. The van der Waals surface area contributed by atoms with Gasteiger partial charge in [0.1, 0.15) is 9.84 Å². The second-order valence-corrected chi connectivity index (χ2v) is 7.90. The zero-order valence-electron chi connectivity index (χ0n) is 11.8. The van der Waals surface area contributed by atoms with E-state index in [4.69, 9.17) is 5.73 Å². The predicted octanol–water partition coefficient (Wildman–Crippen LogP) is 0.837. The molecule has 0 atom stereocenters. The topological polar surface area (TPSA) is 89.3 Å². The molecular weight excluding hydrogens is 264 g/mol. The van der Waals surface area contributed by atoms with E-state index >= 15 is 0 Å². The highest BCUT2D eigenvalue weighted by molar-refractivity contribution is 7.90. The molecular formula is C13H26N2O3S. The minimum Gasteiger partial charge on any atom is -0.356 e. The fraction of sp³-hybridized carbons (Fsp3) is 0.923. The molecule has 0 aromatic carbocycles. The van der Waals surface area contributed by atoms with Crippen molar-refractivity contribution < 1.29 is 13.2 Å². The molecule has 0 radical (unpaired) electrons. The van der Waals surface area contributed by atoms with Crippen LogP contribution in [0.3, 0.4) is 0 Å². The van der Waals surface area contributed by atoms with Crippen molar-refractivity contribution in [1.29, 1.82) is 0 Å². The Balaban J connectivity index is 2.45. The summed E-state index contributed by atoms with van der Waals surface area (Å²) in [6.45, 7) is 0.790. The second kappa shape index (κ2) is 7.24. The lowest BCUT2D eigenvalue weighted by molar-refractivity contribution is -0.131. The minimum atomic E-state index is -2.95. The number of hydrogen-bond acceptors (Lipinski definition) is 4. The van der Waals surface area contributed by atoms with Gasteiger partial charge in [0.25, 0.3) is 0 Å². The van der Waals surface area contributed by atoms with Gasteiger partial charge in [-0.3, -0.25) is 4.79 Å². The lowest BCUT2D eigenvalue weighted by Gasteiger charge is -2.29. The monoisotopic (exact) mass is 290 g/mol. The standard InChI is InChI=1S/C13H26N2O3S/c1-19(17,18)10-6-9-15-12(16)13(11-14)7-4-2-3-5-8-13/h2-11,14H2,1H3,(H,15,16). The van der Waals surface area contributed by atoms with Crippen LogP contribution >= 0.6 is 0 Å². The summed E-state index contributed by atoms with van der Waals surface area (Å²) in [6, 6.07) is 0. The van der Waals surface area contributed by atoms with Crippen molar-refractivity contribution in [3.05, 3.63) is 0 Å². The molecule has 1 saturated carbocycles. The Morgan fingerprint density at radius 3 is 2.26 bits per heavy atom. The Kier molecular flexibility index (Phi) is 6.26. The third-order valence-corrected chi connectivity index (χ3v) is 4.94. The third-order valence-electron chi connectivity index (χ3n) is 3.91. The summed E-state index contributed by atoms with van der Waals surface area (Å²) in [5.41, 5.74) is 5.40. The first-order valence-electron chi connectivity index (χ1n) is 7.06. The van der Waals surface area contributed by atoms with E-state index in [1.165, 1.54) is 19.1 Å². The maximum atomic E-state index is 12.3. The number of amides is 1. The Morgan fingerprint density at radius 1 is 1.21 bits per heavy atom. The molecule has 1 rings (SSSR count). The first-order chi connectivity index (χ1) is 8.90. The van der Waals surface area contributed by atoms with Crippen molar-refractivity contribution in [2.75, 3.05) is 25.1 Å². The highest BCUT2D eigenvalue weighted by Gasteiger charge is 2.36. The van der Waals surface area contributed by atoms with Crippen molar-refractivity contribution >= 4 is 15.7 Å². The first kappa shape index (κ1) is 16.4. The van der Waals surface area contributed by atoms with E-state index < -0.39 is 15.3 Å². The van der Waals surface area contributed by atoms with Crippen LogP contribution in [-0.4, -0.2) is 39.4 Å². The molecule has 3 N–H and O–H groups in total. The smallest absolute Gasteiger partial charge is 0.227 e. The Hall–Kier alpha value is -0.620. The van der Waals surface area contributed by atoms with E-state index in [9.17, 15) is 13.2 Å². The highest BCUT2D eigenvalue weighted by Crippen LogP contribution is 2.34. The van der Waals surface area contributed by atoms with Crippen LogP contribution in [0.25, 0.3) is 0 Å². The van der Waals surface area contributed by atoms with Gasteiger partial charge in [0.05, 0.1) is 11.2 Å². The first-order valence-corrected chi connectivity index (χ1v) is 9.12. The number of rotatable bonds is 6. The number of carbonyl (C=O) groups excluding carboxylic acids is 1. The van der Waals surface area contributed by atoms with Crippen LogP contribution in [0.1, 0.15) is 44.9 Å². The Morgan fingerprint density at radius 2 is 1.79 bits per heavy atom. The van der Waals surface area contributed by atoms with Crippen LogP contribution in [0.15, 0.2) is 0 Å². The molecule has 0 aromatic rings. The van der Waals surface area contributed by atoms with E-state index in [0.717, 1.165) is 25.7 Å². The predicted molar refractivity (Wildman–Crippen MR) is 76.5 cm³/mol. The molecule has 0 spiro atoms. The van der Waals surface area contributed by atoms with E-state index in [-0.39, 0.29) is 11.7 Å². The number of nitrogens with two attached hydrogens (primary N) is 1. The summed E-state index contributed by atoms with van der Waals surface area (Å²) < 4.78 is 22.0. The zero-order chi connectivity index (χ0) is 14.4. The number of nitrogens with one attached hydrogen (secondary N) is 1. The average molecular weight is 290 g/mol. The SMILES string of the molecule is CS(=O)(=O)CCCNC(=O)C1(CN)CCCCCC1. The number of hydrogen-bond donors (Lipinski definition) is 2. The van der Waals surface area contributed by atoms with Crippen LogP contribution < -0.4 is 11.1 Å². The van der Waals surface area contributed by atoms with E-state index in [0.29, 0.717) is 19.5 Å². The molecule has 1 fully saturated rings. The van der Waals surface area contributed by atoms with Crippen molar-refractivity contribution in [3.63, 3.8) is 0 Å². The molecule has 0 aliphatic heterocycles. The summed E-state index contributed by atoms with van der Waals surface area (Å²) in [6.07, 6.45) is 7.81. The summed E-state index contributed by atoms with van der Waals surface area (Å²) in [5.74, 6) is 0.119. The molecule has 0 bridgehead atoms. The molecule has 0 heterocycles. The minimum absolute atomic E-state index is 0.00500. The van der Waals surface area contributed by atoms with Crippen LogP contribution in [0.2, 0.25) is 0 Å². The molecule has 0 aromatic heterocycles. The quantitative estimate of drug-likeness (QED) is 0.560. The van der Waals surface area contributed by atoms with Gasteiger partial charge in [0, 0.05) is 19.3 Å². The summed E-state index contributed by atoms with van der Waals surface area (Å²) >= 11 is 0. The normalized spacial score (nSPS) is 19.7. The van der Waals surface area contributed by atoms with Gasteiger partial charge in [0.15, 0.2) is 0 Å². The Bertz CT molecular complexity index is 385. The zero-order valence-corrected chi connectivity index (χ0v) is 12.6. The van der Waals surface area contributed by atoms with E-state index in [1.54, 1.807) is 0 Å². The van der Waals surface area contributed by atoms with Crippen molar-refractivity contribution in [2.45, 2.75) is 44.9 Å². The van der Waals surface area contributed by atoms with Gasteiger partial charge in [-0.25, -0.2) is 8.42 Å². The second-order valence-electron chi connectivity index (χ2n) is 5.64. The molecule has 19 heavy (non-hydrogen) atoms. The van der Waals surface area contributed by atoms with Crippen molar-refractivity contribution in [3.8, 4) is 0 Å². The van der Waals surface area contributed by atoms with Gasteiger partial charge in [-0.15, -0.1) is 0 Å². The molecule has 1 amide bonds. The van der Waals surface area contributed by atoms with Gasteiger partial charge in [-0.1, -0.05) is 25.7 Å². The molecule has 0 saturated heterocycles. The number of carbonyl (C=O) groups is 1. The molecule has 1 aliphatic carbocycles. The van der Waals surface area contributed by atoms with E-state index in [1.807, 2.05) is 0 Å². The van der Waals surface area contributed by atoms with Gasteiger partial charge in [0.2, 0.25) is 5.91 Å². The van der Waals surface area contributed by atoms with Gasteiger partial charge >= 0.3 is 0 Å². The molecule has 0 unspecified atom stereocenters. The average Bonchev–Trinajstić information content (AvgIpc) is 2.59. The molecule has 112 valence electrons. The van der Waals surface area contributed by atoms with Crippen LogP contribution in [-0.2, 0) is 14.6 Å². The number of sulfone groups is 1. The maximum absolute atomic E-state index is 12.3. The lowest BCUT2D eigenvalue weighted by Crippen LogP contribution is -2.46. The van der Waals surface area contributed by atoms with Crippen LogP contribution in [0.5, 0.6) is 0 Å². The van der Waals surface area contributed by atoms with Gasteiger partial charge in [-0.05, 0) is 19.3 Å². The summed E-state index contributed by atoms with van der Waals surface area (Å²) in [5, 5.41) is 2.86. The molecule has 5 nitrogen and oxygen atoms in total. The van der Waals surface area contributed by atoms with Gasteiger partial charge < -0.3 is 11.1 Å². The largest absolute Gasteiger partial charge is 0.356 e. The highest BCUT2D eigenvalue weighted by atomic mass is 32.2. The maximum Gasteiger partial charge on any atom is 0.227 e. The fourth-order valence-electron chi connectivity index (χ4n) is 2.65. The van der Waals surface area contributed by atoms with Crippen LogP contribution in [0, 0.1) is 5.41 Å². The fourth-order valence-corrected chi connectivity index (χ4v) is 3.32. The molecule has 1 aliphatic rings. The van der Waals surface area contributed by atoms with Gasteiger partial charge in [-0.2, -0.15) is 0 Å². The summed E-state index contributed by atoms with van der Waals surface area (Å²) in [4.78, 5) is 12.3. The Labute approximate surface area is 116 Å². The van der Waals surface area contributed by atoms with E-state index in [2.05, 4.69) is 5.32 Å². The van der Waals surface area contributed by atoms with Crippen molar-refractivity contribution in [2.24, 2.45) is 11.1 Å². The summed E-state index contributed by atoms with van der Waals surface area (Å²) in [7, 11) is -2.95. The van der Waals surface area contributed by atoms with Crippen molar-refractivity contribution in [1.82, 2.24) is 5.32 Å².